The lowest BCUT2D eigenvalue weighted by molar-refractivity contribution is -0.138. The highest BCUT2D eigenvalue weighted by Crippen LogP contribution is 2.25. The summed E-state index contributed by atoms with van der Waals surface area (Å²) in [5.41, 5.74) is 1.49. The fraction of sp³-hybridized carbons (Fsp3) is 0.429. The van der Waals surface area contributed by atoms with Gasteiger partial charge in [-0.1, -0.05) is 12.1 Å². The normalized spacial score (nSPS) is 21.5. The molecule has 1 aromatic carbocycles. The van der Waals surface area contributed by atoms with E-state index in [2.05, 4.69) is 16.0 Å². The quantitative estimate of drug-likeness (QED) is 0.644. The minimum Gasteiger partial charge on any atom is -0.394 e. The summed E-state index contributed by atoms with van der Waals surface area (Å²) in [4.78, 5) is 22.7. The second-order valence-electron chi connectivity index (χ2n) is 4.69. The minimum absolute atomic E-state index is 0.0277. The fourth-order valence-corrected chi connectivity index (χ4v) is 2.17. The number of rotatable bonds is 4. The molecule has 0 bridgehead atoms. The van der Waals surface area contributed by atoms with E-state index >= 15 is 0 Å². The third kappa shape index (κ3) is 3.93. The number of urea groups is 1. The molecule has 1 aliphatic heterocycles. The van der Waals surface area contributed by atoms with E-state index in [4.69, 9.17) is 4.74 Å². The summed E-state index contributed by atoms with van der Waals surface area (Å²) in [7, 11) is 0. The number of amides is 3. The van der Waals surface area contributed by atoms with Crippen LogP contribution in [-0.2, 0) is 9.53 Å². The highest BCUT2D eigenvalue weighted by Gasteiger charge is 2.30. The van der Waals surface area contributed by atoms with Crippen molar-refractivity contribution in [2.24, 2.45) is 0 Å². The number of anilines is 1. The van der Waals surface area contributed by atoms with Gasteiger partial charge in [0.1, 0.15) is 12.7 Å². The lowest BCUT2D eigenvalue weighted by atomic mass is 10.0. The molecule has 1 saturated heterocycles. The molecule has 2 atom stereocenters. The van der Waals surface area contributed by atoms with Crippen molar-refractivity contribution in [1.29, 1.82) is 0 Å². The number of ether oxygens (including phenoxy) is 1. The first-order chi connectivity index (χ1) is 10.1. The predicted octanol–water partition coefficient (Wildman–Crippen LogP) is 0.376. The molecule has 7 nitrogen and oxygen atoms in total. The van der Waals surface area contributed by atoms with Crippen molar-refractivity contribution in [2.75, 3.05) is 25.1 Å². The minimum atomic E-state index is -0.464. The van der Waals surface area contributed by atoms with Crippen LogP contribution in [0.2, 0.25) is 0 Å². The van der Waals surface area contributed by atoms with Crippen molar-refractivity contribution in [2.45, 2.75) is 19.1 Å². The first-order valence-electron chi connectivity index (χ1n) is 6.80. The van der Waals surface area contributed by atoms with Crippen LogP contribution >= 0.6 is 0 Å². The zero-order chi connectivity index (χ0) is 15.2. The summed E-state index contributed by atoms with van der Waals surface area (Å²) in [6.07, 6.45) is -0.397. The van der Waals surface area contributed by atoms with E-state index < -0.39 is 12.1 Å². The number of benzene rings is 1. The number of morpholine rings is 1. The first kappa shape index (κ1) is 15.3. The number of carbonyl (C=O) groups is 2. The van der Waals surface area contributed by atoms with E-state index in [1.54, 1.807) is 24.3 Å². The molecule has 2 rings (SSSR count). The Balaban J connectivity index is 2.04. The molecule has 0 aliphatic carbocycles. The highest BCUT2D eigenvalue weighted by atomic mass is 16.5. The third-order valence-corrected chi connectivity index (χ3v) is 3.14. The van der Waals surface area contributed by atoms with Crippen LogP contribution in [0.15, 0.2) is 24.3 Å². The number of aliphatic hydroxyl groups is 1. The van der Waals surface area contributed by atoms with Gasteiger partial charge in [-0.2, -0.15) is 0 Å². The van der Waals surface area contributed by atoms with Crippen molar-refractivity contribution in [3.63, 3.8) is 0 Å². The van der Waals surface area contributed by atoms with Gasteiger partial charge in [-0.15, -0.1) is 0 Å². The Morgan fingerprint density at radius 1 is 1.43 bits per heavy atom. The maximum Gasteiger partial charge on any atom is 0.319 e. The second kappa shape index (κ2) is 7.05. The van der Waals surface area contributed by atoms with Crippen LogP contribution in [0.3, 0.4) is 0 Å². The highest BCUT2D eigenvalue weighted by molar-refractivity contribution is 5.89. The Hall–Kier alpha value is -2.12. The molecule has 0 radical (unpaired) electrons. The molecule has 1 aliphatic rings. The van der Waals surface area contributed by atoms with Gasteiger partial charge in [-0.05, 0) is 24.6 Å². The lowest BCUT2D eigenvalue weighted by Crippen LogP contribution is -2.49. The second-order valence-corrected chi connectivity index (χ2v) is 4.69. The van der Waals surface area contributed by atoms with Crippen molar-refractivity contribution >= 4 is 17.6 Å². The van der Waals surface area contributed by atoms with Crippen LogP contribution in [0.5, 0.6) is 0 Å². The van der Waals surface area contributed by atoms with E-state index in [-0.39, 0.29) is 25.2 Å². The number of aliphatic hydroxyl groups excluding tert-OH is 1. The summed E-state index contributed by atoms with van der Waals surface area (Å²) in [6, 6.07) is 6.36. The topological polar surface area (TPSA) is 99.7 Å². The fourth-order valence-electron chi connectivity index (χ4n) is 2.17. The Morgan fingerprint density at radius 3 is 2.76 bits per heavy atom. The largest absolute Gasteiger partial charge is 0.394 e. The van der Waals surface area contributed by atoms with E-state index in [1.165, 1.54) is 0 Å². The third-order valence-electron chi connectivity index (χ3n) is 3.14. The van der Waals surface area contributed by atoms with E-state index in [1.807, 2.05) is 6.92 Å². The standard InChI is InChI=1S/C14H19N3O4/c1-2-15-14(20)16-10-5-3-9(4-6-10)13-11(7-18)17-12(19)8-21-13/h3-6,11,13,18H,2,7-8H2,1H3,(H,17,19)(H2,15,16,20). The van der Waals surface area contributed by atoms with Crippen molar-refractivity contribution in [1.82, 2.24) is 10.6 Å². The van der Waals surface area contributed by atoms with Crippen LogP contribution in [0, 0.1) is 0 Å². The van der Waals surface area contributed by atoms with Crippen molar-refractivity contribution in [3.8, 4) is 0 Å². The average molecular weight is 293 g/mol. The average Bonchev–Trinajstić information content (AvgIpc) is 2.48. The van der Waals surface area contributed by atoms with Crippen LogP contribution in [0.4, 0.5) is 10.5 Å². The molecule has 114 valence electrons. The Labute approximate surface area is 122 Å². The maximum atomic E-state index is 11.4. The van der Waals surface area contributed by atoms with Crippen LogP contribution in [-0.4, -0.2) is 42.8 Å². The van der Waals surface area contributed by atoms with E-state index in [9.17, 15) is 14.7 Å². The zero-order valence-electron chi connectivity index (χ0n) is 11.8. The Kier molecular flexibility index (Phi) is 5.13. The van der Waals surface area contributed by atoms with Gasteiger partial charge in [0.05, 0.1) is 12.6 Å². The van der Waals surface area contributed by atoms with Gasteiger partial charge < -0.3 is 25.8 Å². The molecule has 21 heavy (non-hydrogen) atoms. The van der Waals surface area contributed by atoms with Gasteiger partial charge in [0.25, 0.3) is 0 Å². The maximum absolute atomic E-state index is 11.4. The van der Waals surface area contributed by atoms with Gasteiger partial charge in [-0.25, -0.2) is 4.79 Å². The van der Waals surface area contributed by atoms with Crippen molar-refractivity contribution in [3.05, 3.63) is 29.8 Å². The van der Waals surface area contributed by atoms with Crippen LogP contribution in [0.25, 0.3) is 0 Å². The molecular formula is C14H19N3O4. The van der Waals surface area contributed by atoms with E-state index in [0.717, 1.165) is 5.56 Å². The summed E-state index contributed by atoms with van der Waals surface area (Å²) in [5.74, 6) is -0.236. The molecule has 7 heteroatoms. The SMILES string of the molecule is CCNC(=O)Nc1ccc(C2OCC(=O)NC2CO)cc1. The van der Waals surface area contributed by atoms with Crippen LogP contribution < -0.4 is 16.0 Å². The number of hydrogen-bond acceptors (Lipinski definition) is 4. The molecule has 0 spiro atoms. The van der Waals surface area contributed by atoms with Gasteiger partial charge >= 0.3 is 6.03 Å². The van der Waals surface area contributed by atoms with Crippen LogP contribution in [0.1, 0.15) is 18.6 Å². The number of hydrogen-bond donors (Lipinski definition) is 4. The first-order valence-corrected chi connectivity index (χ1v) is 6.80. The zero-order valence-corrected chi connectivity index (χ0v) is 11.8. The molecule has 1 aromatic rings. The van der Waals surface area contributed by atoms with Gasteiger partial charge in [0, 0.05) is 12.2 Å². The summed E-state index contributed by atoms with van der Waals surface area (Å²) in [6.45, 7) is 2.17. The molecule has 1 heterocycles. The smallest absolute Gasteiger partial charge is 0.319 e. The number of nitrogens with one attached hydrogen (secondary N) is 3. The van der Waals surface area contributed by atoms with Gasteiger partial charge in [0.15, 0.2) is 0 Å². The van der Waals surface area contributed by atoms with Gasteiger partial charge in [0.2, 0.25) is 5.91 Å². The molecule has 4 N–H and O–H groups in total. The monoisotopic (exact) mass is 293 g/mol. The Morgan fingerprint density at radius 2 is 2.14 bits per heavy atom. The summed E-state index contributed by atoms with van der Waals surface area (Å²) in [5, 5.41) is 17.3. The van der Waals surface area contributed by atoms with E-state index in [0.29, 0.717) is 12.2 Å². The molecule has 3 amide bonds. The molecular weight excluding hydrogens is 274 g/mol. The lowest BCUT2D eigenvalue weighted by Gasteiger charge is -2.31. The molecule has 1 fully saturated rings. The summed E-state index contributed by atoms with van der Waals surface area (Å²) >= 11 is 0. The molecule has 0 saturated carbocycles. The number of carbonyl (C=O) groups excluding carboxylic acids is 2. The molecule has 0 aromatic heterocycles. The summed E-state index contributed by atoms with van der Waals surface area (Å²) < 4.78 is 5.47. The Bertz CT molecular complexity index is 503. The van der Waals surface area contributed by atoms with Gasteiger partial charge in [-0.3, -0.25) is 4.79 Å². The molecule has 2 unspecified atom stereocenters. The van der Waals surface area contributed by atoms with Crippen molar-refractivity contribution < 1.29 is 19.4 Å². The predicted molar refractivity (Wildman–Crippen MR) is 76.8 cm³/mol.